The van der Waals surface area contributed by atoms with Gasteiger partial charge in [0.15, 0.2) is 0 Å². The maximum atomic E-state index is 2.27. The Hall–Kier alpha value is 1.38. The molecular weight excluding hydrogens is 190 g/mol. The first-order valence-corrected chi connectivity index (χ1v) is 9.00. The van der Waals surface area contributed by atoms with Gasteiger partial charge in [-0.05, 0) is 15.8 Å². The van der Waals surface area contributed by atoms with Crippen LogP contribution in [0.15, 0.2) is 0 Å². The summed E-state index contributed by atoms with van der Waals surface area (Å²) in [5.74, 6) is 0. The van der Waals surface area contributed by atoms with Gasteiger partial charge in [-0.1, -0.05) is 0 Å². The molecule has 0 nitrogen and oxygen atoms in total. The van der Waals surface area contributed by atoms with Crippen LogP contribution in [0.25, 0.3) is 0 Å². The van der Waals surface area contributed by atoms with E-state index >= 15 is 0 Å². The van der Waals surface area contributed by atoms with E-state index in [1.165, 1.54) is 0 Å². The maximum absolute atomic E-state index is 2.27. The number of hydrogen-bond donors (Lipinski definition) is 0. The van der Waals surface area contributed by atoms with Crippen molar-refractivity contribution in [3.05, 3.63) is 0 Å². The molecule has 0 saturated heterocycles. The largest absolute Gasteiger partial charge is 0.0461 e. The molecule has 0 saturated carbocycles. The molecule has 0 radical (unpaired) electrons. The van der Waals surface area contributed by atoms with Gasteiger partial charge in [-0.15, -0.1) is 0 Å². The third-order valence-corrected chi connectivity index (χ3v) is 0. The predicted octanol–water partition coefficient (Wildman–Crippen LogP) is 2.18. The van der Waals surface area contributed by atoms with E-state index in [0.717, 1.165) is 0 Å². The Morgan fingerprint density at radius 1 is 0.556 bits per heavy atom. The Morgan fingerprint density at radius 2 is 0.556 bits per heavy atom. The van der Waals surface area contributed by atoms with Crippen LogP contribution in [0.3, 0.4) is 0 Å². The van der Waals surface area contributed by atoms with Crippen molar-refractivity contribution >= 4 is 15.8 Å². The van der Waals surface area contributed by atoms with Gasteiger partial charge in [0, 0.05) is 57.1 Å². The van der Waals surface area contributed by atoms with E-state index in [2.05, 4.69) is 40.0 Å². The summed E-state index contributed by atoms with van der Waals surface area (Å²) >= 11 is 0. The van der Waals surface area contributed by atoms with Crippen molar-refractivity contribution in [2.24, 2.45) is 0 Å². The van der Waals surface area contributed by atoms with E-state index in [1.54, 1.807) is 0 Å². The van der Waals surface area contributed by atoms with Crippen molar-refractivity contribution in [2.45, 2.75) is 0 Å². The zero-order chi connectivity index (χ0) is 7.15. The fourth-order valence-electron chi connectivity index (χ4n) is 0. The molecule has 9 heavy (non-hydrogen) atoms. The zero-order valence-electron chi connectivity index (χ0n) is 7.35. The molecule has 3 heteroatoms. The van der Waals surface area contributed by atoms with Crippen LogP contribution < -0.4 is 0 Å². The predicted molar refractivity (Wildman–Crippen MR) is 52.2 cm³/mol. The van der Waals surface area contributed by atoms with Crippen LogP contribution in [-0.2, 0) is 17.1 Å². The minimum absolute atomic E-state index is 0. The second-order valence-corrected chi connectivity index (χ2v) is 9.00. The summed E-state index contributed by atoms with van der Waals surface area (Å²) in [6, 6.07) is 0. The number of rotatable bonds is 0. The zero-order valence-corrected chi connectivity index (χ0v) is 10.5. The third-order valence-electron chi connectivity index (χ3n) is 0. The summed E-state index contributed by atoms with van der Waals surface area (Å²) < 4.78 is 0. The number of hydrogen-bond acceptors (Lipinski definition) is 0. The van der Waals surface area contributed by atoms with Gasteiger partial charge in [-0.25, -0.2) is 0 Å². The molecule has 0 amide bonds. The molecule has 0 spiro atoms. The first kappa shape index (κ1) is 16.8. The Balaban J connectivity index is -0.0000000720. The standard InChI is InChI=1S/2C3H9P.Fe/c2*1-4(2)3;/h2*1-3H3;/p+2. The SMILES string of the molecule is C[PH+](C)C.C[PH+](C)C.[Fe]. The van der Waals surface area contributed by atoms with Crippen LogP contribution in [0.1, 0.15) is 0 Å². The molecule has 0 aromatic carbocycles. The Labute approximate surface area is 73.2 Å². The molecule has 0 aliphatic rings. The molecule has 0 rings (SSSR count). The van der Waals surface area contributed by atoms with Gasteiger partial charge < -0.3 is 0 Å². The molecule has 0 atom stereocenters. The Kier molecular flexibility index (Phi) is 22.5. The summed E-state index contributed by atoms with van der Waals surface area (Å²) in [5.41, 5.74) is 0. The van der Waals surface area contributed by atoms with Crippen molar-refractivity contribution in [1.82, 2.24) is 0 Å². The summed E-state index contributed by atoms with van der Waals surface area (Å²) in [6.45, 7) is 13.6. The minimum atomic E-state index is 0. The normalized spacial score (nSPS) is 8.00. The first-order valence-electron chi connectivity index (χ1n) is 3.00. The van der Waals surface area contributed by atoms with E-state index in [0.29, 0.717) is 0 Å². The molecule has 0 aliphatic carbocycles. The van der Waals surface area contributed by atoms with Crippen LogP contribution in [0.4, 0.5) is 0 Å². The van der Waals surface area contributed by atoms with E-state index < -0.39 is 0 Å². The molecule has 0 bridgehead atoms. The molecular formula is C6H20FeP2+2. The van der Waals surface area contributed by atoms with Gasteiger partial charge in [0.1, 0.15) is 0 Å². The fourth-order valence-corrected chi connectivity index (χ4v) is 0. The van der Waals surface area contributed by atoms with Gasteiger partial charge in [0.05, 0.1) is 0 Å². The van der Waals surface area contributed by atoms with Crippen molar-refractivity contribution in [3.63, 3.8) is 0 Å². The summed E-state index contributed by atoms with van der Waals surface area (Å²) in [6.07, 6.45) is 0. The van der Waals surface area contributed by atoms with E-state index in [1.807, 2.05) is 0 Å². The average molecular weight is 210 g/mol. The molecule has 60 valence electrons. The van der Waals surface area contributed by atoms with Crippen molar-refractivity contribution in [1.29, 1.82) is 0 Å². The second-order valence-electron chi connectivity index (χ2n) is 3.00. The van der Waals surface area contributed by atoms with Crippen LogP contribution in [0, 0.1) is 0 Å². The monoisotopic (exact) mass is 210 g/mol. The molecule has 0 aromatic rings. The smallest absolute Gasteiger partial charge is 0.00840 e. The topological polar surface area (TPSA) is 0 Å². The maximum Gasteiger partial charge on any atom is 0.0461 e. The van der Waals surface area contributed by atoms with Crippen molar-refractivity contribution < 1.29 is 17.1 Å². The minimum Gasteiger partial charge on any atom is -0.00840 e. The second kappa shape index (κ2) is 12.1. The molecule has 0 N–H and O–H groups in total. The van der Waals surface area contributed by atoms with Crippen LogP contribution in [0.2, 0.25) is 0 Å². The Bertz CT molecular complexity index is 26.5. The van der Waals surface area contributed by atoms with Gasteiger partial charge in [-0.2, -0.15) is 0 Å². The summed E-state index contributed by atoms with van der Waals surface area (Å²) in [7, 11) is 0.241. The average Bonchev–Trinajstić information content (AvgIpc) is 1.25. The summed E-state index contributed by atoms with van der Waals surface area (Å²) in [4.78, 5) is 0. The molecule has 0 unspecified atom stereocenters. The van der Waals surface area contributed by atoms with E-state index in [-0.39, 0.29) is 32.9 Å². The van der Waals surface area contributed by atoms with Gasteiger partial charge >= 0.3 is 0 Å². The van der Waals surface area contributed by atoms with Crippen molar-refractivity contribution in [3.8, 4) is 0 Å². The van der Waals surface area contributed by atoms with E-state index in [4.69, 9.17) is 0 Å². The van der Waals surface area contributed by atoms with Gasteiger partial charge in [-0.3, -0.25) is 0 Å². The van der Waals surface area contributed by atoms with Gasteiger partial charge in [0.2, 0.25) is 0 Å². The Morgan fingerprint density at radius 3 is 0.556 bits per heavy atom. The fraction of sp³-hybridized carbons (Fsp3) is 1.00. The van der Waals surface area contributed by atoms with E-state index in [9.17, 15) is 0 Å². The van der Waals surface area contributed by atoms with Crippen LogP contribution >= 0.6 is 15.8 Å². The van der Waals surface area contributed by atoms with Crippen LogP contribution in [-0.4, -0.2) is 40.0 Å². The molecule has 0 heterocycles. The molecule has 0 aromatic heterocycles. The first-order chi connectivity index (χ1) is 3.46. The molecule has 0 fully saturated rings. The van der Waals surface area contributed by atoms with Crippen molar-refractivity contribution in [2.75, 3.05) is 40.0 Å². The molecule has 0 aliphatic heterocycles. The third kappa shape index (κ3) is 268. The quantitative estimate of drug-likeness (QED) is 0.424. The summed E-state index contributed by atoms with van der Waals surface area (Å²) in [5, 5.41) is 0. The van der Waals surface area contributed by atoms with Gasteiger partial charge in [0.25, 0.3) is 0 Å². The van der Waals surface area contributed by atoms with Crippen LogP contribution in [0.5, 0.6) is 0 Å².